The summed E-state index contributed by atoms with van der Waals surface area (Å²) in [7, 11) is 1.39. The quantitative estimate of drug-likeness (QED) is 0.750. The molecule has 0 radical (unpaired) electrons. The monoisotopic (exact) mass is 294 g/mol. The first-order valence-electron chi connectivity index (χ1n) is 7.73. The van der Waals surface area contributed by atoms with Crippen molar-refractivity contribution >= 4 is 11.8 Å². The van der Waals surface area contributed by atoms with E-state index in [1.54, 1.807) is 0 Å². The first kappa shape index (κ1) is 16.1. The molecule has 1 heterocycles. The second-order valence-electron chi connectivity index (χ2n) is 7.46. The molecule has 0 N–H and O–H groups in total. The first-order chi connectivity index (χ1) is 9.73. The topological polar surface area (TPSA) is 52.6 Å². The zero-order valence-corrected chi connectivity index (χ0v) is 13.7. The van der Waals surface area contributed by atoms with E-state index in [2.05, 4.69) is 27.7 Å². The van der Waals surface area contributed by atoms with Gasteiger partial charge in [0, 0.05) is 18.4 Å². The van der Waals surface area contributed by atoms with Gasteiger partial charge in [-0.25, -0.2) is 0 Å². The molecular formula is C17H26O4. The van der Waals surface area contributed by atoms with E-state index >= 15 is 0 Å². The zero-order valence-electron chi connectivity index (χ0n) is 13.7. The second kappa shape index (κ2) is 5.82. The van der Waals surface area contributed by atoms with E-state index in [0.717, 1.165) is 18.6 Å². The van der Waals surface area contributed by atoms with Crippen molar-refractivity contribution in [3.05, 3.63) is 11.3 Å². The van der Waals surface area contributed by atoms with Gasteiger partial charge in [0.25, 0.3) is 0 Å². The second-order valence-corrected chi connectivity index (χ2v) is 7.46. The minimum Gasteiger partial charge on any atom is -0.493 e. The molecule has 0 fully saturated rings. The predicted octanol–water partition coefficient (Wildman–Crippen LogP) is 3.25. The predicted molar refractivity (Wildman–Crippen MR) is 79.5 cm³/mol. The van der Waals surface area contributed by atoms with Crippen molar-refractivity contribution in [1.29, 1.82) is 0 Å². The minimum atomic E-state index is -0.360. The van der Waals surface area contributed by atoms with Gasteiger partial charge in [-0.05, 0) is 24.2 Å². The Hall–Kier alpha value is -1.32. The van der Waals surface area contributed by atoms with Crippen LogP contribution in [-0.2, 0) is 19.1 Å². The van der Waals surface area contributed by atoms with E-state index < -0.39 is 0 Å². The SMILES string of the molecule is COC(=O)[C@H]1CC2=C(CC(C)(C)CC2=O)O[C@@H]1CC(C)C. The number of carbonyl (C=O) groups excluding carboxylic acids is 2. The van der Waals surface area contributed by atoms with Crippen molar-refractivity contribution in [3.8, 4) is 0 Å². The standard InChI is InChI=1S/C17H26O4/c1-10(2)6-14-12(16(19)20-5)7-11-13(18)8-17(3,4)9-15(11)21-14/h10,12,14H,6-9H2,1-5H3/t12-,14+/m0/s1. The summed E-state index contributed by atoms with van der Waals surface area (Å²) in [6, 6.07) is 0. The molecule has 118 valence electrons. The summed E-state index contributed by atoms with van der Waals surface area (Å²) in [5.41, 5.74) is 0.654. The molecule has 0 bridgehead atoms. The molecule has 4 nitrogen and oxygen atoms in total. The molecule has 0 saturated heterocycles. The van der Waals surface area contributed by atoms with E-state index in [-0.39, 0.29) is 29.2 Å². The van der Waals surface area contributed by atoms with Gasteiger partial charge in [-0.3, -0.25) is 9.59 Å². The van der Waals surface area contributed by atoms with Crippen molar-refractivity contribution in [2.24, 2.45) is 17.3 Å². The molecule has 2 atom stereocenters. The van der Waals surface area contributed by atoms with Gasteiger partial charge in [0.05, 0.1) is 13.0 Å². The highest BCUT2D eigenvalue weighted by molar-refractivity contribution is 5.98. The smallest absolute Gasteiger partial charge is 0.312 e. The number of ether oxygens (including phenoxy) is 2. The Labute approximate surface area is 126 Å². The number of hydrogen-bond acceptors (Lipinski definition) is 4. The molecule has 2 aliphatic rings. The lowest BCUT2D eigenvalue weighted by atomic mass is 9.73. The van der Waals surface area contributed by atoms with Crippen LogP contribution in [0.1, 0.15) is 53.4 Å². The van der Waals surface area contributed by atoms with Crippen LogP contribution < -0.4 is 0 Å². The Bertz CT molecular complexity index is 473. The highest BCUT2D eigenvalue weighted by Crippen LogP contribution is 2.44. The minimum absolute atomic E-state index is 0.0591. The van der Waals surface area contributed by atoms with Crippen LogP contribution in [0.5, 0.6) is 0 Å². The van der Waals surface area contributed by atoms with Gasteiger partial charge in [0.2, 0.25) is 0 Å². The van der Waals surface area contributed by atoms with Gasteiger partial charge in [0.1, 0.15) is 11.9 Å². The Balaban J connectivity index is 2.29. The van der Waals surface area contributed by atoms with Crippen molar-refractivity contribution in [2.75, 3.05) is 7.11 Å². The van der Waals surface area contributed by atoms with Gasteiger partial charge in [-0.2, -0.15) is 0 Å². The number of Topliss-reactive ketones (excluding diaryl/α,β-unsaturated/α-hetero) is 1. The number of hydrogen-bond donors (Lipinski definition) is 0. The average molecular weight is 294 g/mol. The van der Waals surface area contributed by atoms with Gasteiger partial charge in [-0.15, -0.1) is 0 Å². The van der Waals surface area contributed by atoms with Gasteiger partial charge in [-0.1, -0.05) is 27.7 Å². The lowest BCUT2D eigenvalue weighted by molar-refractivity contribution is -0.152. The number of carbonyl (C=O) groups is 2. The molecule has 1 aliphatic carbocycles. The number of esters is 1. The number of methoxy groups -OCH3 is 1. The molecule has 0 aromatic carbocycles. The van der Waals surface area contributed by atoms with Crippen LogP contribution in [0.2, 0.25) is 0 Å². The fraction of sp³-hybridized carbons (Fsp3) is 0.765. The molecule has 1 aliphatic heterocycles. The maximum Gasteiger partial charge on any atom is 0.312 e. The average Bonchev–Trinajstić information content (AvgIpc) is 2.35. The zero-order chi connectivity index (χ0) is 15.8. The first-order valence-corrected chi connectivity index (χ1v) is 7.73. The summed E-state index contributed by atoms with van der Waals surface area (Å²) < 4.78 is 11.0. The van der Waals surface area contributed by atoms with Crippen molar-refractivity contribution in [1.82, 2.24) is 0 Å². The maximum absolute atomic E-state index is 12.3. The summed E-state index contributed by atoms with van der Waals surface area (Å²) in [6.07, 6.45) is 2.38. The van der Waals surface area contributed by atoms with E-state index in [0.29, 0.717) is 24.3 Å². The summed E-state index contributed by atoms with van der Waals surface area (Å²) >= 11 is 0. The van der Waals surface area contributed by atoms with Crippen LogP contribution in [0.3, 0.4) is 0 Å². The third-order valence-corrected chi connectivity index (χ3v) is 4.33. The van der Waals surface area contributed by atoms with Gasteiger partial charge in [0.15, 0.2) is 5.78 Å². The van der Waals surface area contributed by atoms with Gasteiger partial charge < -0.3 is 9.47 Å². The molecule has 0 aromatic rings. The van der Waals surface area contributed by atoms with Crippen LogP contribution in [0.4, 0.5) is 0 Å². The van der Waals surface area contributed by atoms with Crippen LogP contribution >= 0.6 is 0 Å². The Morgan fingerprint density at radius 1 is 1.38 bits per heavy atom. The summed E-state index contributed by atoms with van der Waals surface area (Å²) in [6.45, 7) is 8.39. The summed E-state index contributed by atoms with van der Waals surface area (Å²) in [4.78, 5) is 24.4. The van der Waals surface area contributed by atoms with E-state index in [1.807, 2.05) is 0 Å². The molecule has 4 heteroatoms. The molecule has 2 rings (SSSR count). The summed E-state index contributed by atoms with van der Waals surface area (Å²) in [5, 5.41) is 0. The van der Waals surface area contributed by atoms with Crippen LogP contribution in [-0.4, -0.2) is 25.0 Å². The highest BCUT2D eigenvalue weighted by atomic mass is 16.5. The molecule has 0 saturated carbocycles. The molecule has 0 amide bonds. The Morgan fingerprint density at radius 2 is 2.05 bits per heavy atom. The summed E-state index contributed by atoms with van der Waals surface area (Å²) in [5.74, 6) is 0.725. The van der Waals surface area contributed by atoms with Gasteiger partial charge >= 0.3 is 5.97 Å². The fourth-order valence-corrected chi connectivity index (χ4v) is 3.32. The number of ketones is 1. The van der Waals surface area contributed by atoms with Crippen molar-refractivity contribution < 1.29 is 19.1 Å². The van der Waals surface area contributed by atoms with Crippen molar-refractivity contribution in [3.63, 3.8) is 0 Å². The number of rotatable bonds is 3. The van der Waals surface area contributed by atoms with E-state index in [9.17, 15) is 9.59 Å². The van der Waals surface area contributed by atoms with Crippen LogP contribution in [0.25, 0.3) is 0 Å². The molecule has 0 unspecified atom stereocenters. The fourth-order valence-electron chi connectivity index (χ4n) is 3.32. The van der Waals surface area contributed by atoms with Crippen LogP contribution in [0.15, 0.2) is 11.3 Å². The molecule has 0 spiro atoms. The maximum atomic E-state index is 12.3. The largest absolute Gasteiger partial charge is 0.493 e. The van der Waals surface area contributed by atoms with Crippen molar-refractivity contribution in [2.45, 2.75) is 59.5 Å². The Morgan fingerprint density at radius 3 is 2.62 bits per heavy atom. The Kier molecular flexibility index (Phi) is 4.45. The lowest BCUT2D eigenvalue weighted by Gasteiger charge is -2.40. The third-order valence-electron chi connectivity index (χ3n) is 4.33. The van der Waals surface area contributed by atoms with E-state index in [4.69, 9.17) is 9.47 Å². The third kappa shape index (κ3) is 3.47. The number of allylic oxidation sites excluding steroid dienone is 2. The lowest BCUT2D eigenvalue weighted by Crippen LogP contribution is -2.40. The highest BCUT2D eigenvalue weighted by Gasteiger charge is 2.43. The molecular weight excluding hydrogens is 268 g/mol. The molecule has 21 heavy (non-hydrogen) atoms. The normalized spacial score (nSPS) is 28.2. The van der Waals surface area contributed by atoms with Crippen LogP contribution in [0, 0.1) is 17.3 Å². The molecule has 0 aromatic heterocycles. The van der Waals surface area contributed by atoms with E-state index in [1.165, 1.54) is 7.11 Å².